The van der Waals surface area contributed by atoms with Crippen molar-refractivity contribution in [1.29, 1.82) is 0 Å². The van der Waals surface area contributed by atoms with Gasteiger partial charge in [0.2, 0.25) is 0 Å². The number of hydrogen-bond donors (Lipinski definition) is 2. The summed E-state index contributed by atoms with van der Waals surface area (Å²) in [4.78, 5) is 2.06. The second-order valence-corrected chi connectivity index (χ2v) is 5.43. The predicted molar refractivity (Wildman–Crippen MR) is 97.4 cm³/mol. The fraction of sp³-hybridized carbons (Fsp3) is 0.176. The van der Waals surface area contributed by atoms with Gasteiger partial charge in [0.25, 0.3) is 0 Å². The molecular weight excluding hydrogens is 292 g/mol. The van der Waals surface area contributed by atoms with Crippen LogP contribution in [-0.4, -0.2) is 25.4 Å². The van der Waals surface area contributed by atoms with Crippen molar-refractivity contribution in [3.8, 4) is 0 Å². The number of nitrogens with zero attached hydrogens (tertiary/aromatic N) is 2. The molecular formula is C17H20N4S. The van der Waals surface area contributed by atoms with Gasteiger partial charge in [-0.3, -0.25) is 5.43 Å². The first-order valence-electron chi connectivity index (χ1n) is 7.03. The minimum Gasteiger partial charge on any atom is -0.378 e. The molecule has 0 radical (unpaired) electrons. The molecule has 0 aliphatic heterocycles. The van der Waals surface area contributed by atoms with Gasteiger partial charge in [0.05, 0.1) is 6.21 Å². The van der Waals surface area contributed by atoms with Crippen LogP contribution in [0.1, 0.15) is 11.1 Å². The van der Waals surface area contributed by atoms with Crippen LogP contribution in [0.5, 0.6) is 0 Å². The molecule has 2 N–H and O–H groups in total. The quantitative estimate of drug-likeness (QED) is 0.506. The van der Waals surface area contributed by atoms with Crippen LogP contribution in [0.2, 0.25) is 0 Å². The molecule has 0 spiro atoms. The van der Waals surface area contributed by atoms with E-state index in [1.165, 1.54) is 5.56 Å². The Balaban J connectivity index is 1.78. The summed E-state index contributed by atoms with van der Waals surface area (Å²) in [6.07, 6.45) is 1.75. The second kappa shape index (κ2) is 8.14. The zero-order valence-corrected chi connectivity index (χ0v) is 13.6. The Morgan fingerprint density at radius 2 is 1.77 bits per heavy atom. The van der Waals surface area contributed by atoms with Crippen molar-refractivity contribution >= 4 is 29.2 Å². The Kier molecular flexibility index (Phi) is 5.91. The van der Waals surface area contributed by atoms with Gasteiger partial charge in [-0.1, -0.05) is 42.5 Å². The fourth-order valence-electron chi connectivity index (χ4n) is 1.84. The molecule has 0 amide bonds. The maximum atomic E-state index is 5.18. The molecule has 22 heavy (non-hydrogen) atoms. The van der Waals surface area contributed by atoms with Crippen LogP contribution in [0.3, 0.4) is 0 Å². The molecule has 2 aromatic rings. The molecule has 0 heterocycles. The van der Waals surface area contributed by atoms with Crippen LogP contribution >= 0.6 is 12.2 Å². The normalized spacial score (nSPS) is 10.5. The average molecular weight is 312 g/mol. The summed E-state index contributed by atoms with van der Waals surface area (Å²) < 4.78 is 0. The Morgan fingerprint density at radius 3 is 2.41 bits per heavy atom. The van der Waals surface area contributed by atoms with Crippen molar-refractivity contribution in [3.05, 3.63) is 65.7 Å². The lowest BCUT2D eigenvalue weighted by Crippen LogP contribution is -2.31. The maximum absolute atomic E-state index is 5.18. The van der Waals surface area contributed by atoms with Crippen molar-refractivity contribution in [2.24, 2.45) is 5.10 Å². The summed E-state index contributed by atoms with van der Waals surface area (Å²) in [6.45, 7) is 0.680. The lowest BCUT2D eigenvalue weighted by molar-refractivity contribution is 0.869. The van der Waals surface area contributed by atoms with Crippen LogP contribution < -0.4 is 15.6 Å². The fourth-order valence-corrected chi connectivity index (χ4v) is 1.97. The van der Waals surface area contributed by atoms with Crippen LogP contribution in [-0.2, 0) is 6.54 Å². The maximum Gasteiger partial charge on any atom is 0.187 e. The zero-order chi connectivity index (χ0) is 15.8. The average Bonchev–Trinajstić information content (AvgIpc) is 2.54. The molecule has 0 aromatic heterocycles. The van der Waals surface area contributed by atoms with Gasteiger partial charge in [-0.05, 0) is 35.5 Å². The van der Waals surface area contributed by atoms with Crippen LogP contribution in [0.15, 0.2) is 59.7 Å². The number of anilines is 1. The van der Waals surface area contributed by atoms with Crippen LogP contribution in [0.25, 0.3) is 0 Å². The van der Waals surface area contributed by atoms with Crippen LogP contribution in [0, 0.1) is 0 Å². The third-order valence-corrected chi connectivity index (χ3v) is 3.32. The summed E-state index contributed by atoms with van der Waals surface area (Å²) in [7, 11) is 4.03. The van der Waals surface area contributed by atoms with Gasteiger partial charge in [0.1, 0.15) is 0 Å². The molecule has 2 rings (SSSR count). The Bertz CT molecular complexity index is 621. The molecule has 0 atom stereocenters. The van der Waals surface area contributed by atoms with E-state index in [9.17, 15) is 0 Å². The minimum atomic E-state index is 0.505. The summed E-state index contributed by atoms with van der Waals surface area (Å²) in [5.41, 5.74) is 6.17. The van der Waals surface area contributed by atoms with Gasteiger partial charge in [-0.25, -0.2) is 0 Å². The Hall–Kier alpha value is -2.40. The van der Waals surface area contributed by atoms with Crippen LogP contribution in [0.4, 0.5) is 5.69 Å². The number of nitrogens with one attached hydrogen (secondary N) is 2. The van der Waals surface area contributed by atoms with Gasteiger partial charge < -0.3 is 10.2 Å². The van der Waals surface area contributed by atoms with E-state index >= 15 is 0 Å². The van der Waals surface area contributed by atoms with Gasteiger partial charge in [-0.2, -0.15) is 5.10 Å². The molecule has 0 aliphatic rings. The summed E-state index contributed by atoms with van der Waals surface area (Å²) in [5, 5.41) is 7.75. The SMILES string of the molecule is CN(C)c1ccc(/C=N\NC(=S)NCc2ccccc2)cc1. The number of hydrazone groups is 1. The van der Waals surface area contributed by atoms with E-state index < -0.39 is 0 Å². The minimum absolute atomic E-state index is 0.505. The van der Waals surface area contributed by atoms with E-state index in [-0.39, 0.29) is 0 Å². The molecule has 5 heteroatoms. The molecule has 0 fully saturated rings. The molecule has 0 bridgehead atoms. The van der Waals surface area contributed by atoms with E-state index in [4.69, 9.17) is 12.2 Å². The highest BCUT2D eigenvalue weighted by Gasteiger charge is 1.95. The molecule has 4 nitrogen and oxygen atoms in total. The Morgan fingerprint density at radius 1 is 1.09 bits per heavy atom. The standard InChI is InChI=1S/C17H20N4S/c1-21(2)16-10-8-15(9-11-16)13-19-20-17(22)18-12-14-6-4-3-5-7-14/h3-11,13H,12H2,1-2H3,(H2,18,20,22)/b19-13-. The first kappa shape index (κ1) is 16.0. The molecule has 0 saturated heterocycles. The second-order valence-electron chi connectivity index (χ2n) is 5.02. The van der Waals surface area contributed by atoms with E-state index in [1.54, 1.807) is 6.21 Å². The smallest absolute Gasteiger partial charge is 0.187 e. The zero-order valence-electron chi connectivity index (χ0n) is 12.8. The Labute approximate surface area is 136 Å². The number of rotatable bonds is 5. The lowest BCUT2D eigenvalue weighted by Gasteiger charge is -2.11. The molecule has 0 unspecified atom stereocenters. The van der Waals surface area contributed by atoms with E-state index in [1.807, 2.05) is 68.7 Å². The highest BCUT2D eigenvalue weighted by Crippen LogP contribution is 2.10. The van der Waals surface area contributed by atoms with Gasteiger partial charge in [0, 0.05) is 26.3 Å². The largest absolute Gasteiger partial charge is 0.378 e. The van der Waals surface area contributed by atoms with Crippen molar-refractivity contribution in [2.45, 2.75) is 6.54 Å². The number of hydrogen-bond acceptors (Lipinski definition) is 3. The monoisotopic (exact) mass is 312 g/mol. The van der Waals surface area contributed by atoms with E-state index in [0.717, 1.165) is 11.3 Å². The molecule has 0 saturated carbocycles. The van der Waals surface area contributed by atoms with E-state index in [0.29, 0.717) is 11.7 Å². The van der Waals surface area contributed by atoms with Crippen molar-refractivity contribution in [1.82, 2.24) is 10.7 Å². The highest BCUT2D eigenvalue weighted by atomic mass is 32.1. The summed E-state index contributed by atoms with van der Waals surface area (Å²) in [5.74, 6) is 0. The number of thiocarbonyl (C=S) groups is 1. The van der Waals surface area contributed by atoms with E-state index in [2.05, 4.69) is 20.7 Å². The van der Waals surface area contributed by atoms with Gasteiger partial charge >= 0.3 is 0 Å². The highest BCUT2D eigenvalue weighted by molar-refractivity contribution is 7.80. The third kappa shape index (κ3) is 5.18. The first-order chi connectivity index (χ1) is 10.6. The van der Waals surface area contributed by atoms with Crippen molar-refractivity contribution in [3.63, 3.8) is 0 Å². The van der Waals surface area contributed by atoms with Gasteiger partial charge in [0.15, 0.2) is 5.11 Å². The third-order valence-electron chi connectivity index (χ3n) is 3.09. The molecule has 0 aliphatic carbocycles. The van der Waals surface area contributed by atoms with Crippen molar-refractivity contribution < 1.29 is 0 Å². The molecule has 2 aromatic carbocycles. The van der Waals surface area contributed by atoms with Crippen molar-refractivity contribution in [2.75, 3.05) is 19.0 Å². The molecule has 114 valence electrons. The summed E-state index contributed by atoms with van der Waals surface area (Å²) >= 11 is 5.18. The van der Waals surface area contributed by atoms with Gasteiger partial charge in [-0.15, -0.1) is 0 Å². The summed E-state index contributed by atoms with van der Waals surface area (Å²) in [6, 6.07) is 18.2. The lowest BCUT2D eigenvalue weighted by atomic mass is 10.2. The predicted octanol–water partition coefficient (Wildman–Crippen LogP) is 2.75. The first-order valence-corrected chi connectivity index (χ1v) is 7.44. The number of benzene rings is 2. The topological polar surface area (TPSA) is 39.7 Å².